The zero-order valence-corrected chi connectivity index (χ0v) is 7.82. The van der Waals surface area contributed by atoms with E-state index in [1.54, 1.807) is 0 Å². The van der Waals surface area contributed by atoms with Crippen molar-refractivity contribution in [1.82, 2.24) is 0 Å². The monoisotopic (exact) mass is 213 g/mol. The predicted molar refractivity (Wildman–Crippen MR) is 47.9 cm³/mol. The van der Waals surface area contributed by atoms with Gasteiger partial charge in [-0.3, -0.25) is 4.79 Å². The fraction of sp³-hybridized carbons (Fsp3) is 0.111. The molecule has 1 aromatic rings. The SMILES string of the molecule is CC(=O)Oc1ccc(OC(N)=O)cc1F. The van der Waals surface area contributed by atoms with Crippen LogP contribution in [0, 0.1) is 5.82 Å². The first-order valence-electron chi connectivity index (χ1n) is 3.94. The Kier molecular flexibility index (Phi) is 3.22. The maximum Gasteiger partial charge on any atom is 0.409 e. The van der Waals surface area contributed by atoms with Crippen LogP contribution in [0.25, 0.3) is 0 Å². The van der Waals surface area contributed by atoms with Crippen LogP contribution in [0.15, 0.2) is 18.2 Å². The summed E-state index contributed by atoms with van der Waals surface area (Å²) in [6.45, 7) is 1.15. The number of carbonyl (C=O) groups excluding carboxylic acids is 2. The minimum atomic E-state index is -1.05. The van der Waals surface area contributed by atoms with E-state index in [2.05, 4.69) is 9.47 Å². The summed E-state index contributed by atoms with van der Waals surface area (Å²) in [5.74, 6) is -1.75. The number of rotatable bonds is 2. The van der Waals surface area contributed by atoms with Crippen molar-refractivity contribution in [3.63, 3.8) is 0 Å². The summed E-state index contributed by atoms with van der Waals surface area (Å²) in [4.78, 5) is 20.9. The second-order valence-electron chi connectivity index (χ2n) is 2.61. The Morgan fingerprint density at radius 1 is 1.33 bits per heavy atom. The fourth-order valence-electron chi connectivity index (χ4n) is 0.899. The van der Waals surface area contributed by atoms with Crippen LogP contribution >= 0.6 is 0 Å². The van der Waals surface area contributed by atoms with Gasteiger partial charge in [0, 0.05) is 13.0 Å². The van der Waals surface area contributed by atoms with E-state index in [0.29, 0.717) is 0 Å². The summed E-state index contributed by atoms with van der Waals surface area (Å²) in [5.41, 5.74) is 4.72. The molecule has 5 nitrogen and oxygen atoms in total. The molecule has 0 unspecified atom stereocenters. The number of halogens is 1. The number of amides is 1. The van der Waals surface area contributed by atoms with Gasteiger partial charge in [-0.05, 0) is 12.1 Å². The van der Waals surface area contributed by atoms with Crippen molar-refractivity contribution in [2.45, 2.75) is 6.92 Å². The molecule has 0 bridgehead atoms. The van der Waals surface area contributed by atoms with Crippen LogP contribution in [-0.2, 0) is 4.79 Å². The Hall–Kier alpha value is -2.11. The van der Waals surface area contributed by atoms with Crippen LogP contribution in [-0.4, -0.2) is 12.1 Å². The summed E-state index contributed by atoms with van der Waals surface area (Å²) in [6, 6.07) is 3.31. The van der Waals surface area contributed by atoms with Crippen molar-refractivity contribution >= 4 is 12.1 Å². The molecule has 1 aromatic carbocycles. The van der Waals surface area contributed by atoms with Gasteiger partial charge in [0.15, 0.2) is 11.6 Å². The quantitative estimate of drug-likeness (QED) is 0.591. The number of primary amides is 1. The molecule has 0 aromatic heterocycles. The summed E-state index contributed by atoms with van der Waals surface area (Å²) >= 11 is 0. The highest BCUT2D eigenvalue weighted by molar-refractivity contribution is 5.70. The number of hydrogen-bond donors (Lipinski definition) is 1. The van der Waals surface area contributed by atoms with Crippen molar-refractivity contribution < 1.29 is 23.5 Å². The van der Waals surface area contributed by atoms with E-state index in [1.165, 1.54) is 6.07 Å². The average Bonchev–Trinajstić information content (AvgIpc) is 2.08. The number of hydrogen-bond acceptors (Lipinski definition) is 4. The molecular weight excluding hydrogens is 205 g/mol. The molecule has 0 saturated carbocycles. The average molecular weight is 213 g/mol. The lowest BCUT2D eigenvalue weighted by molar-refractivity contribution is -0.132. The molecule has 0 atom stereocenters. The molecule has 15 heavy (non-hydrogen) atoms. The van der Waals surface area contributed by atoms with Crippen LogP contribution in [0.4, 0.5) is 9.18 Å². The van der Waals surface area contributed by atoms with Crippen molar-refractivity contribution in [3.8, 4) is 11.5 Å². The topological polar surface area (TPSA) is 78.6 Å². The first kappa shape index (κ1) is 11.0. The van der Waals surface area contributed by atoms with E-state index in [1.807, 2.05) is 0 Å². The first-order valence-corrected chi connectivity index (χ1v) is 3.94. The molecule has 2 N–H and O–H groups in total. The van der Waals surface area contributed by atoms with Crippen LogP contribution in [0.5, 0.6) is 11.5 Å². The van der Waals surface area contributed by atoms with Gasteiger partial charge in [0.25, 0.3) is 0 Å². The largest absolute Gasteiger partial charge is 0.424 e. The second-order valence-corrected chi connectivity index (χ2v) is 2.61. The van der Waals surface area contributed by atoms with Gasteiger partial charge in [-0.15, -0.1) is 0 Å². The molecule has 0 aliphatic carbocycles. The van der Waals surface area contributed by atoms with Gasteiger partial charge in [-0.2, -0.15) is 0 Å². The third-order valence-corrected chi connectivity index (χ3v) is 1.38. The lowest BCUT2D eigenvalue weighted by Crippen LogP contribution is -2.16. The third kappa shape index (κ3) is 3.26. The Balaban J connectivity index is 2.87. The molecule has 0 heterocycles. The van der Waals surface area contributed by atoms with Crippen LogP contribution in [0.1, 0.15) is 6.92 Å². The third-order valence-electron chi connectivity index (χ3n) is 1.38. The van der Waals surface area contributed by atoms with Gasteiger partial charge in [0.1, 0.15) is 5.75 Å². The van der Waals surface area contributed by atoms with Gasteiger partial charge in [0.05, 0.1) is 0 Å². The molecule has 1 amide bonds. The molecule has 80 valence electrons. The Bertz CT molecular complexity index is 405. The molecule has 1 rings (SSSR count). The lowest BCUT2D eigenvalue weighted by Gasteiger charge is -2.04. The summed E-state index contributed by atoms with van der Waals surface area (Å²) < 4.78 is 22.1. The molecule has 0 radical (unpaired) electrons. The predicted octanol–water partition coefficient (Wildman–Crippen LogP) is 1.21. The number of carbonyl (C=O) groups is 2. The second kappa shape index (κ2) is 4.41. The smallest absolute Gasteiger partial charge is 0.409 e. The lowest BCUT2D eigenvalue weighted by atomic mass is 10.3. The van der Waals surface area contributed by atoms with E-state index in [9.17, 15) is 14.0 Å². The summed E-state index contributed by atoms with van der Waals surface area (Å²) in [5, 5.41) is 0. The van der Waals surface area contributed by atoms with E-state index in [4.69, 9.17) is 5.73 Å². The highest BCUT2D eigenvalue weighted by atomic mass is 19.1. The molecule has 0 aliphatic heterocycles. The molecule has 6 heteroatoms. The van der Waals surface area contributed by atoms with Gasteiger partial charge in [0.2, 0.25) is 0 Å². The number of esters is 1. The minimum absolute atomic E-state index is 0.0593. The molecule has 0 fully saturated rings. The Labute approximate surface area is 84.6 Å². The molecule has 0 spiro atoms. The van der Waals surface area contributed by atoms with Crippen molar-refractivity contribution in [2.75, 3.05) is 0 Å². The normalized spacial score (nSPS) is 9.47. The highest BCUT2D eigenvalue weighted by Gasteiger charge is 2.08. The van der Waals surface area contributed by atoms with Gasteiger partial charge in [-0.1, -0.05) is 0 Å². The van der Waals surface area contributed by atoms with Crippen molar-refractivity contribution in [1.29, 1.82) is 0 Å². The van der Waals surface area contributed by atoms with Gasteiger partial charge < -0.3 is 15.2 Å². The number of ether oxygens (including phenoxy) is 2. The zero-order valence-electron chi connectivity index (χ0n) is 7.82. The van der Waals surface area contributed by atoms with E-state index in [-0.39, 0.29) is 11.5 Å². The van der Waals surface area contributed by atoms with Crippen LogP contribution < -0.4 is 15.2 Å². The van der Waals surface area contributed by atoms with E-state index in [0.717, 1.165) is 19.1 Å². The van der Waals surface area contributed by atoms with Crippen molar-refractivity contribution in [2.24, 2.45) is 5.73 Å². The van der Waals surface area contributed by atoms with Crippen molar-refractivity contribution in [3.05, 3.63) is 24.0 Å². The Morgan fingerprint density at radius 3 is 2.47 bits per heavy atom. The molecule has 0 saturated heterocycles. The van der Waals surface area contributed by atoms with Crippen LogP contribution in [0.3, 0.4) is 0 Å². The maximum atomic E-state index is 13.2. The first-order chi connectivity index (χ1) is 6.99. The van der Waals surface area contributed by atoms with Gasteiger partial charge >= 0.3 is 12.1 Å². The van der Waals surface area contributed by atoms with Gasteiger partial charge in [-0.25, -0.2) is 9.18 Å². The summed E-state index contributed by atoms with van der Waals surface area (Å²) in [7, 11) is 0. The highest BCUT2D eigenvalue weighted by Crippen LogP contribution is 2.22. The minimum Gasteiger partial charge on any atom is -0.424 e. The number of nitrogens with two attached hydrogens (primary N) is 1. The summed E-state index contributed by atoms with van der Waals surface area (Å²) in [6.07, 6.45) is -1.05. The number of benzene rings is 1. The molecule has 0 aliphatic rings. The zero-order chi connectivity index (χ0) is 11.4. The molecular formula is C9H8FNO4. The van der Waals surface area contributed by atoms with Crippen LogP contribution in [0.2, 0.25) is 0 Å². The fourth-order valence-corrected chi connectivity index (χ4v) is 0.899. The van der Waals surface area contributed by atoms with E-state index >= 15 is 0 Å². The Morgan fingerprint density at radius 2 is 2.00 bits per heavy atom. The standard InChI is InChI=1S/C9H8FNO4/c1-5(12)14-8-3-2-6(4-7(8)10)15-9(11)13/h2-4H,1H3,(H2,11,13). The maximum absolute atomic E-state index is 13.2. The van der Waals surface area contributed by atoms with E-state index < -0.39 is 17.9 Å².